The first-order chi connectivity index (χ1) is 15.8. The second-order valence-electron chi connectivity index (χ2n) is 6.68. The van der Waals surface area contributed by atoms with Gasteiger partial charge in [0.25, 0.3) is 0 Å². The number of hydrogen-bond acceptors (Lipinski definition) is 6. The molecule has 0 saturated heterocycles. The van der Waals surface area contributed by atoms with Crippen LogP contribution in [0.5, 0.6) is 0 Å². The average Bonchev–Trinajstić information content (AvgIpc) is 3.27. The number of aromatic nitrogens is 2. The van der Waals surface area contributed by atoms with Gasteiger partial charge < -0.3 is 4.74 Å². The maximum Gasteiger partial charge on any atom is 0.365 e. The molecule has 1 aromatic heterocycles. The van der Waals surface area contributed by atoms with Gasteiger partial charge in [0.05, 0.1) is 24.2 Å². The van der Waals surface area contributed by atoms with E-state index in [1.807, 2.05) is 95.6 Å². The Kier molecular flexibility index (Phi) is 6.99. The second kappa shape index (κ2) is 10.5. The highest BCUT2D eigenvalue weighted by Crippen LogP contribution is 2.30. The Hall–Kier alpha value is -3.84. The summed E-state index contributed by atoms with van der Waals surface area (Å²) in [5.74, 6) is -0.509. The predicted octanol–water partition coefficient (Wildman–Crippen LogP) is 5.62. The van der Waals surface area contributed by atoms with Crippen molar-refractivity contribution in [3.63, 3.8) is 0 Å². The molecular weight excluding hydrogens is 420 g/mol. The fourth-order valence-electron chi connectivity index (χ4n) is 3.06. The van der Waals surface area contributed by atoms with Gasteiger partial charge in [-0.05, 0) is 43.0 Å². The summed E-state index contributed by atoms with van der Waals surface area (Å²) in [6, 6.07) is 29.3. The maximum absolute atomic E-state index is 12.6. The molecule has 32 heavy (non-hydrogen) atoms. The van der Waals surface area contributed by atoms with Gasteiger partial charge in [0.2, 0.25) is 5.04 Å². The standard InChI is InChI=1S/C25H22N4O2S/c1-2-31-24(30)23(28-27-20-14-8-4-9-15-20)32-25-26-18-22(19-12-6-3-7-13-19)29(25)21-16-10-5-11-17-21/h3-18,27H,2H2,1H3/b28-23+. The number of rotatable bonds is 6. The number of thioether (sulfide) groups is 1. The lowest BCUT2D eigenvalue weighted by atomic mass is 10.1. The molecule has 0 fully saturated rings. The molecule has 0 amide bonds. The van der Waals surface area contributed by atoms with E-state index >= 15 is 0 Å². The predicted molar refractivity (Wildman–Crippen MR) is 129 cm³/mol. The van der Waals surface area contributed by atoms with Crippen LogP contribution in [0.15, 0.2) is 107 Å². The molecule has 3 aromatic carbocycles. The van der Waals surface area contributed by atoms with Crippen LogP contribution in [0.4, 0.5) is 5.69 Å². The van der Waals surface area contributed by atoms with Crippen LogP contribution >= 0.6 is 11.8 Å². The first kappa shape index (κ1) is 21.4. The maximum atomic E-state index is 12.6. The van der Waals surface area contributed by atoms with Crippen molar-refractivity contribution in [3.8, 4) is 16.9 Å². The van der Waals surface area contributed by atoms with E-state index in [1.165, 1.54) is 0 Å². The number of imidazole rings is 1. The summed E-state index contributed by atoms with van der Waals surface area (Å²) in [6.07, 6.45) is 1.80. The summed E-state index contributed by atoms with van der Waals surface area (Å²) in [6.45, 7) is 2.02. The molecule has 0 radical (unpaired) electrons. The number of nitrogens with one attached hydrogen (secondary N) is 1. The summed E-state index contributed by atoms with van der Waals surface area (Å²) in [4.78, 5) is 17.3. The lowest BCUT2D eigenvalue weighted by Gasteiger charge is -2.12. The molecule has 0 atom stereocenters. The molecule has 0 aliphatic heterocycles. The smallest absolute Gasteiger partial charge is 0.365 e. The summed E-state index contributed by atoms with van der Waals surface area (Å²) in [5, 5.41) is 5.10. The molecule has 0 saturated carbocycles. The molecule has 0 spiro atoms. The number of hydrogen-bond donors (Lipinski definition) is 1. The van der Waals surface area contributed by atoms with E-state index in [0.717, 1.165) is 34.4 Å². The van der Waals surface area contributed by atoms with E-state index in [4.69, 9.17) is 4.74 Å². The Labute approximate surface area is 191 Å². The monoisotopic (exact) mass is 442 g/mol. The number of para-hydroxylation sites is 2. The Balaban J connectivity index is 1.73. The van der Waals surface area contributed by atoms with Crippen molar-refractivity contribution in [1.82, 2.24) is 9.55 Å². The molecule has 0 bridgehead atoms. The van der Waals surface area contributed by atoms with E-state index in [9.17, 15) is 4.79 Å². The van der Waals surface area contributed by atoms with Gasteiger partial charge in [-0.25, -0.2) is 9.78 Å². The minimum absolute atomic E-state index is 0.165. The number of hydrazone groups is 1. The van der Waals surface area contributed by atoms with E-state index in [0.29, 0.717) is 5.16 Å². The third kappa shape index (κ3) is 5.07. The number of carbonyl (C=O) groups excluding carboxylic acids is 1. The van der Waals surface area contributed by atoms with Crippen molar-refractivity contribution in [3.05, 3.63) is 97.2 Å². The molecular formula is C25H22N4O2S. The minimum Gasteiger partial charge on any atom is -0.461 e. The van der Waals surface area contributed by atoms with E-state index in [1.54, 1.807) is 13.1 Å². The topological polar surface area (TPSA) is 68.5 Å². The third-order valence-corrected chi connectivity index (χ3v) is 5.43. The summed E-state index contributed by atoms with van der Waals surface area (Å²) < 4.78 is 7.25. The Morgan fingerprint density at radius 1 is 0.969 bits per heavy atom. The van der Waals surface area contributed by atoms with Gasteiger partial charge >= 0.3 is 5.97 Å². The van der Waals surface area contributed by atoms with Crippen LogP contribution in [0.3, 0.4) is 0 Å². The largest absolute Gasteiger partial charge is 0.461 e. The van der Waals surface area contributed by atoms with Gasteiger partial charge in [0.15, 0.2) is 5.16 Å². The molecule has 6 nitrogen and oxygen atoms in total. The molecule has 7 heteroatoms. The van der Waals surface area contributed by atoms with Gasteiger partial charge in [-0.3, -0.25) is 9.99 Å². The summed E-state index contributed by atoms with van der Waals surface area (Å²) >= 11 is 1.16. The van der Waals surface area contributed by atoms with Crippen molar-refractivity contribution in [1.29, 1.82) is 0 Å². The molecule has 4 rings (SSSR count). The zero-order chi connectivity index (χ0) is 22.2. The van der Waals surface area contributed by atoms with Gasteiger partial charge in [-0.1, -0.05) is 66.7 Å². The van der Waals surface area contributed by atoms with Crippen molar-refractivity contribution < 1.29 is 9.53 Å². The molecule has 0 aliphatic rings. The number of nitrogens with zero attached hydrogens (tertiary/aromatic N) is 3. The zero-order valence-electron chi connectivity index (χ0n) is 17.5. The zero-order valence-corrected chi connectivity index (χ0v) is 18.3. The minimum atomic E-state index is -0.509. The normalized spacial score (nSPS) is 11.2. The number of ether oxygens (including phenoxy) is 1. The number of carbonyl (C=O) groups is 1. The van der Waals surface area contributed by atoms with E-state index in [2.05, 4.69) is 15.5 Å². The molecule has 1 N–H and O–H groups in total. The van der Waals surface area contributed by atoms with Crippen LogP contribution in [-0.2, 0) is 9.53 Å². The third-order valence-electron chi connectivity index (χ3n) is 4.51. The molecule has 160 valence electrons. The van der Waals surface area contributed by atoms with Gasteiger partial charge in [-0.15, -0.1) is 0 Å². The van der Waals surface area contributed by atoms with Crippen molar-refractivity contribution in [2.45, 2.75) is 12.1 Å². The van der Waals surface area contributed by atoms with Crippen molar-refractivity contribution in [2.24, 2.45) is 5.10 Å². The quantitative estimate of drug-likeness (QED) is 0.138. The highest BCUT2D eigenvalue weighted by atomic mass is 32.2. The molecule has 1 heterocycles. The Morgan fingerprint density at radius 2 is 1.59 bits per heavy atom. The first-order valence-electron chi connectivity index (χ1n) is 10.2. The highest BCUT2D eigenvalue weighted by Gasteiger charge is 2.21. The van der Waals surface area contributed by atoms with Crippen LogP contribution in [0.25, 0.3) is 16.9 Å². The second-order valence-corrected chi connectivity index (χ2v) is 7.64. The Bertz CT molecular complexity index is 1190. The fraction of sp³-hybridized carbons (Fsp3) is 0.0800. The number of anilines is 1. The molecule has 4 aromatic rings. The van der Waals surface area contributed by atoms with Crippen LogP contribution in [0.2, 0.25) is 0 Å². The van der Waals surface area contributed by atoms with Gasteiger partial charge in [0, 0.05) is 11.3 Å². The van der Waals surface area contributed by atoms with Crippen LogP contribution in [-0.4, -0.2) is 27.2 Å². The highest BCUT2D eigenvalue weighted by molar-refractivity contribution is 8.15. The van der Waals surface area contributed by atoms with E-state index in [-0.39, 0.29) is 11.7 Å². The Morgan fingerprint density at radius 3 is 2.25 bits per heavy atom. The van der Waals surface area contributed by atoms with E-state index < -0.39 is 5.97 Å². The van der Waals surface area contributed by atoms with Crippen LogP contribution in [0.1, 0.15) is 6.92 Å². The molecule has 0 aliphatic carbocycles. The van der Waals surface area contributed by atoms with Crippen LogP contribution < -0.4 is 5.43 Å². The van der Waals surface area contributed by atoms with Gasteiger partial charge in [-0.2, -0.15) is 5.10 Å². The molecule has 0 unspecified atom stereocenters. The van der Waals surface area contributed by atoms with Crippen molar-refractivity contribution >= 4 is 28.5 Å². The fourth-order valence-corrected chi connectivity index (χ4v) is 3.87. The summed E-state index contributed by atoms with van der Waals surface area (Å²) in [5.41, 5.74) is 6.57. The number of benzene rings is 3. The summed E-state index contributed by atoms with van der Waals surface area (Å²) in [7, 11) is 0. The first-order valence-corrected chi connectivity index (χ1v) is 11.0. The number of esters is 1. The SMILES string of the molecule is CCOC(=O)/C(=N\Nc1ccccc1)Sc1ncc(-c2ccccc2)n1-c1ccccc1. The average molecular weight is 443 g/mol. The van der Waals surface area contributed by atoms with Gasteiger partial charge in [0.1, 0.15) is 0 Å². The van der Waals surface area contributed by atoms with Crippen LogP contribution in [0, 0.1) is 0 Å². The lowest BCUT2D eigenvalue weighted by molar-refractivity contribution is -0.134. The van der Waals surface area contributed by atoms with Crippen molar-refractivity contribution in [2.75, 3.05) is 12.0 Å². The lowest BCUT2D eigenvalue weighted by Crippen LogP contribution is -2.17.